The lowest BCUT2D eigenvalue weighted by atomic mass is 10.1. The van der Waals surface area contributed by atoms with Gasteiger partial charge in [-0.2, -0.15) is 9.49 Å². The van der Waals surface area contributed by atoms with Crippen LogP contribution in [0.15, 0.2) is 61.2 Å². The average molecular weight is 532 g/mol. The fourth-order valence-corrected chi connectivity index (χ4v) is 5.79. The Morgan fingerprint density at radius 3 is 2.76 bits per heavy atom. The molecule has 0 bridgehead atoms. The van der Waals surface area contributed by atoms with Crippen molar-refractivity contribution >= 4 is 33.3 Å². The second-order valence-corrected chi connectivity index (χ2v) is 10.5. The van der Waals surface area contributed by atoms with E-state index in [0.717, 1.165) is 54.9 Å². The largest absolute Gasteiger partial charge is 0.338 e. The molecule has 38 heavy (non-hydrogen) atoms. The number of thiophene rings is 1. The Morgan fingerprint density at radius 2 is 1.95 bits per heavy atom. The zero-order valence-corrected chi connectivity index (χ0v) is 20.7. The second kappa shape index (κ2) is 8.74. The maximum Gasteiger partial charge on any atom is 0.261 e. The summed E-state index contributed by atoms with van der Waals surface area (Å²) in [7, 11) is 0. The van der Waals surface area contributed by atoms with Crippen molar-refractivity contribution in [1.29, 1.82) is 0 Å². The Labute approximate surface area is 218 Å². The maximum atomic E-state index is 13.7. The summed E-state index contributed by atoms with van der Waals surface area (Å²) in [5.74, 6) is -2.63. The molecule has 7 heterocycles. The lowest BCUT2D eigenvalue weighted by Gasteiger charge is -2.15. The third-order valence-electron chi connectivity index (χ3n) is 6.82. The Kier molecular flexibility index (Phi) is 5.31. The number of pyridine rings is 3. The highest BCUT2D eigenvalue weighted by Crippen LogP contribution is 2.36. The van der Waals surface area contributed by atoms with Gasteiger partial charge in [0.2, 0.25) is 0 Å². The second-order valence-electron chi connectivity index (χ2n) is 9.49. The molecule has 0 aromatic carbocycles. The number of hydrogen-bond donors (Lipinski definition) is 2. The van der Waals surface area contributed by atoms with E-state index in [-0.39, 0.29) is 18.1 Å². The Balaban J connectivity index is 1.24. The SMILES string of the molecule is Fc1ccc(-c2ccnc3[nH]c(-c4n[nH]c5cnc(-c6cncc(CN7CCC(F)(F)C7)c6)cc45)cc23)s1. The zero-order chi connectivity index (χ0) is 25.9. The predicted octanol–water partition coefficient (Wildman–Crippen LogP) is 6.27. The minimum atomic E-state index is -2.63. The third kappa shape index (κ3) is 4.13. The summed E-state index contributed by atoms with van der Waals surface area (Å²) in [6.07, 6.45) is 6.72. The van der Waals surface area contributed by atoms with E-state index >= 15 is 0 Å². The molecule has 11 heteroatoms. The zero-order valence-electron chi connectivity index (χ0n) is 19.9. The predicted molar refractivity (Wildman–Crippen MR) is 140 cm³/mol. The molecule has 1 saturated heterocycles. The highest BCUT2D eigenvalue weighted by atomic mass is 32.1. The lowest BCUT2D eigenvalue weighted by molar-refractivity contribution is 0.0115. The fraction of sp³-hybridized carbons (Fsp3) is 0.185. The molecule has 0 atom stereocenters. The molecule has 0 spiro atoms. The number of H-pyrrole nitrogens is 2. The van der Waals surface area contributed by atoms with Crippen LogP contribution in [0, 0.1) is 5.13 Å². The molecule has 7 rings (SSSR count). The van der Waals surface area contributed by atoms with Gasteiger partial charge in [0.15, 0.2) is 5.13 Å². The van der Waals surface area contributed by atoms with Gasteiger partial charge in [0.1, 0.15) is 11.3 Å². The Hall–Kier alpha value is -4.09. The van der Waals surface area contributed by atoms with Crippen LogP contribution in [0.1, 0.15) is 12.0 Å². The summed E-state index contributed by atoms with van der Waals surface area (Å²) >= 11 is 1.09. The summed E-state index contributed by atoms with van der Waals surface area (Å²) in [6.45, 7) is 0.540. The van der Waals surface area contributed by atoms with E-state index in [0.29, 0.717) is 30.1 Å². The number of nitrogens with zero attached hydrogens (tertiary/aromatic N) is 5. The van der Waals surface area contributed by atoms with Crippen molar-refractivity contribution in [2.75, 3.05) is 13.1 Å². The van der Waals surface area contributed by atoms with E-state index in [2.05, 4.69) is 30.1 Å². The molecular formula is C27H20F3N7S. The number of fused-ring (bicyclic) bond motifs is 2. The van der Waals surface area contributed by atoms with E-state index < -0.39 is 5.92 Å². The number of aromatic amines is 2. The number of nitrogens with one attached hydrogen (secondary N) is 2. The summed E-state index contributed by atoms with van der Waals surface area (Å²) < 4.78 is 40.9. The molecule has 6 aromatic rings. The summed E-state index contributed by atoms with van der Waals surface area (Å²) in [4.78, 5) is 19.3. The van der Waals surface area contributed by atoms with Crippen LogP contribution in [-0.2, 0) is 6.54 Å². The van der Waals surface area contributed by atoms with Gasteiger partial charge < -0.3 is 4.98 Å². The smallest absolute Gasteiger partial charge is 0.261 e. The number of aromatic nitrogens is 6. The van der Waals surface area contributed by atoms with Crippen molar-refractivity contribution in [3.8, 4) is 33.1 Å². The monoisotopic (exact) mass is 531 g/mol. The summed E-state index contributed by atoms with van der Waals surface area (Å²) in [5.41, 5.74) is 6.16. The van der Waals surface area contributed by atoms with Crippen LogP contribution in [0.5, 0.6) is 0 Å². The number of alkyl halides is 2. The van der Waals surface area contributed by atoms with Gasteiger partial charge >= 0.3 is 0 Å². The average Bonchev–Trinajstić information content (AvgIpc) is 3.69. The number of halogens is 3. The Morgan fingerprint density at radius 1 is 1.03 bits per heavy atom. The van der Waals surface area contributed by atoms with Gasteiger partial charge in [0.05, 0.1) is 29.6 Å². The molecule has 2 N–H and O–H groups in total. The van der Waals surface area contributed by atoms with E-state index in [1.807, 2.05) is 24.3 Å². The molecule has 0 aliphatic carbocycles. The molecule has 1 aliphatic heterocycles. The first kappa shape index (κ1) is 23.1. The van der Waals surface area contributed by atoms with Crippen molar-refractivity contribution in [3.05, 3.63) is 71.9 Å². The summed E-state index contributed by atoms with van der Waals surface area (Å²) in [6, 6.07) is 10.9. The van der Waals surface area contributed by atoms with Gasteiger partial charge in [0.25, 0.3) is 5.92 Å². The maximum absolute atomic E-state index is 13.7. The van der Waals surface area contributed by atoms with Crippen LogP contribution in [0.25, 0.3) is 55.0 Å². The normalized spacial score (nSPS) is 15.7. The molecule has 190 valence electrons. The van der Waals surface area contributed by atoms with E-state index in [9.17, 15) is 13.2 Å². The van der Waals surface area contributed by atoms with Gasteiger partial charge in [-0.05, 0) is 42.0 Å². The molecule has 1 aliphatic rings. The van der Waals surface area contributed by atoms with Crippen LogP contribution in [0.4, 0.5) is 13.2 Å². The topological polar surface area (TPSA) is 86.4 Å². The van der Waals surface area contributed by atoms with Gasteiger partial charge in [-0.3, -0.25) is 20.0 Å². The van der Waals surface area contributed by atoms with Crippen LogP contribution < -0.4 is 0 Å². The van der Waals surface area contributed by atoms with Crippen molar-refractivity contribution in [3.63, 3.8) is 0 Å². The van der Waals surface area contributed by atoms with Gasteiger partial charge in [-0.25, -0.2) is 13.8 Å². The third-order valence-corrected chi connectivity index (χ3v) is 7.73. The quantitative estimate of drug-likeness (QED) is 0.274. The van der Waals surface area contributed by atoms with Crippen LogP contribution in [0.2, 0.25) is 0 Å². The number of rotatable bonds is 5. The van der Waals surface area contributed by atoms with Gasteiger partial charge in [-0.15, -0.1) is 11.3 Å². The van der Waals surface area contributed by atoms with Crippen LogP contribution in [-0.4, -0.2) is 54.0 Å². The molecule has 1 fully saturated rings. The number of likely N-dealkylation sites (tertiary alicyclic amines) is 1. The molecule has 6 aromatic heterocycles. The van der Waals surface area contributed by atoms with Crippen molar-refractivity contribution in [2.24, 2.45) is 0 Å². The molecule has 0 unspecified atom stereocenters. The first-order valence-corrected chi connectivity index (χ1v) is 12.9. The first-order chi connectivity index (χ1) is 18.4. The lowest BCUT2D eigenvalue weighted by Crippen LogP contribution is -2.24. The minimum absolute atomic E-state index is 0.114. The number of hydrogen-bond acceptors (Lipinski definition) is 6. The van der Waals surface area contributed by atoms with E-state index in [1.54, 1.807) is 35.8 Å². The molecular weight excluding hydrogens is 511 g/mol. The Bertz CT molecular complexity index is 1810. The van der Waals surface area contributed by atoms with Crippen LogP contribution in [0.3, 0.4) is 0 Å². The molecule has 0 amide bonds. The van der Waals surface area contributed by atoms with E-state index in [4.69, 9.17) is 0 Å². The summed E-state index contributed by atoms with van der Waals surface area (Å²) in [5, 5.41) is 9.05. The fourth-order valence-electron chi connectivity index (χ4n) is 5.02. The van der Waals surface area contributed by atoms with Crippen molar-refractivity contribution in [2.45, 2.75) is 18.9 Å². The van der Waals surface area contributed by atoms with E-state index in [1.165, 1.54) is 6.07 Å². The molecule has 7 nitrogen and oxygen atoms in total. The van der Waals surface area contributed by atoms with Gasteiger partial charge in [0, 0.05) is 64.9 Å². The van der Waals surface area contributed by atoms with Crippen molar-refractivity contribution < 1.29 is 13.2 Å². The standard InChI is InChI=1S/C27H20F3N7S/c28-24-2-1-23(38-24)17-3-5-32-26-18(17)8-21(34-26)25-19-9-20(33-12-22(19)35-36-25)16-7-15(10-31-11-16)13-37-6-4-27(29,30)14-37/h1-3,5,7-12H,4,6,13-14H2,(H,32,34)(H,35,36). The molecule has 0 radical (unpaired) electrons. The molecule has 0 saturated carbocycles. The first-order valence-electron chi connectivity index (χ1n) is 12.0. The highest BCUT2D eigenvalue weighted by molar-refractivity contribution is 7.14. The van der Waals surface area contributed by atoms with Crippen molar-refractivity contribution in [1.82, 2.24) is 35.0 Å². The minimum Gasteiger partial charge on any atom is -0.338 e. The van der Waals surface area contributed by atoms with Crippen LogP contribution >= 0.6 is 11.3 Å². The van der Waals surface area contributed by atoms with Gasteiger partial charge in [-0.1, -0.05) is 0 Å². The highest BCUT2D eigenvalue weighted by Gasteiger charge is 2.37.